The number of fused-ring (bicyclic) bond motifs is 1. The minimum absolute atomic E-state index is 0.0145. The highest BCUT2D eigenvalue weighted by molar-refractivity contribution is 6.74. The molecule has 0 heterocycles. The third kappa shape index (κ3) is 3.33. The van der Waals surface area contributed by atoms with Gasteiger partial charge in [-0.3, -0.25) is 9.59 Å². The first-order chi connectivity index (χ1) is 11.7. The number of rotatable bonds is 3. The van der Waals surface area contributed by atoms with Crippen molar-refractivity contribution in [1.29, 1.82) is 0 Å². The summed E-state index contributed by atoms with van der Waals surface area (Å²) in [7, 11) is -0.550. The average molecular weight is 381 g/mol. The van der Waals surface area contributed by atoms with Gasteiger partial charge in [-0.1, -0.05) is 46.3 Å². The van der Waals surface area contributed by atoms with Crippen LogP contribution in [0.1, 0.15) is 60.8 Å². The molecule has 0 unspecified atom stereocenters. The Bertz CT molecular complexity index is 626. The van der Waals surface area contributed by atoms with Crippen LogP contribution in [0, 0.1) is 16.7 Å². The molecule has 0 radical (unpaired) electrons. The Labute approximate surface area is 159 Å². The maximum atomic E-state index is 13.1. The first-order valence-corrected chi connectivity index (χ1v) is 12.6. The monoisotopic (exact) mass is 380 g/mol. The molecule has 1 fully saturated rings. The van der Waals surface area contributed by atoms with Gasteiger partial charge in [-0.2, -0.15) is 0 Å². The van der Waals surface area contributed by atoms with E-state index in [2.05, 4.69) is 53.8 Å². The number of carbonyl (C=O) groups excluding carboxylic acids is 2. The van der Waals surface area contributed by atoms with Gasteiger partial charge in [-0.05, 0) is 44.3 Å². The van der Waals surface area contributed by atoms with Crippen LogP contribution in [0.4, 0.5) is 0 Å². The fraction of sp³-hybridized carbons (Fsp3) is 0.810. The number of ketones is 1. The van der Waals surface area contributed by atoms with Crippen LogP contribution < -0.4 is 0 Å². The summed E-state index contributed by atoms with van der Waals surface area (Å²) in [6, 6.07) is 0. The maximum absolute atomic E-state index is 13.1. The first-order valence-electron chi connectivity index (χ1n) is 9.69. The molecule has 0 N–H and O–H groups in total. The number of Topliss-reactive ketones (excluding diaryl/α,β-unsaturated/α-hetero) is 1. The summed E-state index contributed by atoms with van der Waals surface area (Å²) < 4.78 is 11.6. The van der Waals surface area contributed by atoms with Crippen LogP contribution in [0.15, 0.2) is 11.6 Å². The van der Waals surface area contributed by atoms with Crippen molar-refractivity contribution in [2.75, 3.05) is 7.11 Å². The van der Waals surface area contributed by atoms with E-state index in [4.69, 9.17) is 9.16 Å². The first kappa shape index (κ1) is 21.4. The van der Waals surface area contributed by atoms with Gasteiger partial charge in [0, 0.05) is 10.8 Å². The molecule has 0 aromatic heterocycles. The molecule has 2 aliphatic carbocycles. The molecule has 0 aromatic carbocycles. The molecule has 0 spiro atoms. The zero-order valence-corrected chi connectivity index (χ0v) is 19.0. The van der Waals surface area contributed by atoms with Crippen LogP contribution in [0.25, 0.3) is 0 Å². The summed E-state index contributed by atoms with van der Waals surface area (Å²) in [5, 5.41) is 0.149. The maximum Gasteiger partial charge on any atom is 0.316 e. The Morgan fingerprint density at radius 3 is 2.31 bits per heavy atom. The van der Waals surface area contributed by atoms with Crippen molar-refractivity contribution in [3.05, 3.63) is 11.6 Å². The zero-order chi connectivity index (χ0) is 20.1. The van der Waals surface area contributed by atoms with Gasteiger partial charge in [0.1, 0.15) is 5.92 Å². The van der Waals surface area contributed by atoms with Crippen molar-refractivity contribution in [2.24, 2.45) is 16.7 Å². The molecular weight excluding hydrogens is 344 g/mol. The van der Waals surface area contributed by atoms with Gasteiger partial charge >= 0.3 is 5.97 Å². The number of allylic oxidation sites excluding steroid dienone is 1. The van der Waals surface area contributed by atoms with E-state index in [9.17, 15) is 9.59 Å². The number of ether oxygens (including phenoxy) is 1. The highest BCUT2D eigenvalue weighted by Gasteiger charge is 2.56. The Hall–Kier alpha value is -0.943. The lowest BCUT2D eigenvalue weighted by Gasteiger charge is -2.54. The minimum Gasteiger partial charge on any atom is -0.468 e. The lowest BCUT2D eigenvalue weighted by molar-refractivity contribution is -0.153. The molecule has 0 aromatic rings. The average Bonchev–Trinajstić information content (AvgIpc) is 2.50. The standard InChI is InChI=1S/C21H36O4Si/c1-19(2,3)26(8,9)25-16-12-13-21(6)15(20(16,4)5)11-10-14(17(21)22)18(23)24-7/h11,14,16H,10,12-13H2,1-9H3/t14-,16-,21+/m0/s1. The van der Waals surface area contributed by atoms with Gasteiger partial charge in [0.05, 0.1) is 13.2 Å². The van der Waals surface area contributed by atoms with Gasteiger partial charge in [0.2, 0.25) is 0 Å². The predicted octanol–water partition coefficient (Wildman–Crippen LogP) is 4.89. The van der Waals surface area contributed by atoms with Crippen molar-refractivity contribution >= 4 is 20.1 Å². The molecule has 0 bridgehead atoms. The lowest BCUT2D eigenvalue weighted by Crippen LogP contribution is -2.55. The summed E-state index contributed by atoms with van der Waals surface area (Å²) in [5.74, 6) is -1.06. The van der Waals surface area contributed by atoms with Gasteiger partial charge < -0.3 is 9.16 Å². The molecule has 5 heteroatoms. The summed E-state index contributed by atoms with van der Waals surface area (Å²) in [6.45, 7) is 17.7. The van der Waals surface area contributed by atoms with Crippen LogP contribution in [0.5, 0.6) is 0 Å². The van der Waals surface area contributed by atoms with Gasteiger partial charge in [0.15, 0.2) is 14.1 Å². The Morgan fingerprint density at radius 2 is 1.81 bits per heavy atom. The summed E-state index contributed by atoms with van der Waals surface area (Å²) >= 11 is 0. The highest BCUT2D eigenvalue weighted by Crippen LogP contribution is 2.56. The number of carbonyl (C=O) groups is 2. The topological polar surface area (TPSA) is 52.6 Å². The summed E-state index contributed by atoms with van der Waals surface area (Å²) in [5.41, 5.74) is 0.331. The number of esters is 1. The van der Waals surface area contributed by atoms with Crippen molar-refractivity contribution in [3.63, 3.8) is 0 Å². The number of methoxy groups -OCH3 is 1. The lowest BCUT2D eigenvalue weighted by atomic mass is 9.54. The predicted molar refractivity (Wildman–Crippen MR) is 106 cm³/mol. The molecule has 26 heavy (non-hydrogen) atoms. The van der Waals surface area contributed by atoms with Crippen molar-refractivity contribution in [3.8, 4) is 0 Å². The second kappa shape index (κ2) is 6.59. The molecule has 4 nitrogen and oxygen atoms in total. The third-order valence-corrected chi connectivity index (χ3v) is 11.6. The Balaban J connectivity index is 2.36. The van der Waals surface area contributed by atoms with Crippen LogP contribution in [-0.4, -0.2) is 33.3 Å². The third-order valence-electron chi connectivity index (χ3n) is 7.15. The van der Waals surface area contributed by atoms with E-state index in [1.165, 1.54) is 7.11 Å². The van der Waals surface area contributed by atoms with E-state index >= 15 is 0 Å². The van der Waals surface area contributed by atoms with Crippen molar-refractivity contribution < 1.29 is 18.8 Å². The van der Waals surface area contributed by atoms with E-state index in [1.54, 1.807) is 0 Å². The summed E-state index contributed by atoms with van der Waals surface area (Å²) in [4.78, 5) is 25.2. The zero-order valence-electron chi connectivity index (χ0n) is 18.0. The second-order valence-electron chi connectivity index (χ2n) is 10.3. The fourth-order valence-corrected chi connectivity index (χ4v) is 5.83. The number of hydrogen-bond acceptors (Lipinski definition) is 4. The van der Waals surface area contributed by atoms with Crippen molar-refractivity contribution in [2.45, 2.75) is 85.0 Å². The smallest absolute Gasteiger partial charge is 0.316 e. The van der Waals surface area contributed by atoms with E-state index in [0.717, 1.165) is 18.4 Å². The van der Waals surface area contributed by atoms with Crippen molar-refractivity contribution in [1.82, 2.24) is 0 Å². The van der Waals surface area contributed by atoms with E-state index in [0.29, 0.717) is 6.42 Å². The van der Waals surface area contributed by atoms with E-state index in [1.807, 2.05) is 6.92 Å². The SMILES string of the molecule is COC(=O)[C@H]1CC=C2C(C)(C)[C@@H](O[Si](C)(C)C(C)(C)C)CC[C@@]2(C)C1=O. The van der Waals surface area contributed by atoms with Crippen LogP contribution >= 0.6 is 0 Å². The molecule has 2 aliphatic rings. The van der Waals surface area contributed by atoms with Crippen LogP contribution in [0.2, 0.25) is 18.1 Å². The molecule has 2 rings (SSSR count). The number of hydrogen-bond donors (Lipinski definition) is 0. The van der Waals surface area contributed by atoms with Crippen LogP contribution in [0.3, 0.4) is 0 Å². The van der Waals surface area contributed by atoms with Gasteiger partial charge in [-0.15, -0.1) is 0 Å². The molecule has 0 aliphatic heterocycles. The van der Waals surface area contributed by atoms with E-state index in [-0.39, 0.29) is 22.3 Å². The Kier molecular flexibility index (Phi) is 5.41. The molecule has 3 atom stereocenters. The highest BCUT2D eigenvalue weighted by atomic mass is 28.4. The van der Waals surface area contributed by atoms with Gasteiger partial charge in [-0.25, -0.2) is 0 Å². The quantitative estimate of drug-likeness (QED) is 0.303. The molecular formula is C21H36O4Si. The second-order valence-corrected chi connectivity index (χ2v) is 15.0. The fourth-order valence-electron chi connectivity index (χ4n) is 4.36. The van der Waals surface area contributed by atoms with Gasteiger partial charge in [0.25, 0.3) is 0 Å². The molecule has 0 saturated heterocycles. The Morgan fingerprint density at radius 1 is 1.23 bits per heavy atom. The largest absolute Gasteiger partial charge is 0.468 e. The molecule has 148 valence electrons. The van der Waals surface area contributed by atoms with Crippen LogP contribution in [-0.2, 0) is 18.8 Å². The minimum atomic E-state index is -1.90. The molecule has 1 saturated carbocycles. The normalized spacial score (nSPS) is 31.9. The van der Waals surface area contributed by atoms with E-state index < -0.39 is 25.6 Å². The molecule has 0 amide bonds. The summed E-state index contributed by atoms with van der Waals surface area (Å²) in [6.07, 6.45) is 4.22.